The number of aromatic nitrogens is 1. The maximum Gasteiger partial charge on any atom is 0.290 e. The Morgan fingerprint density at radius 2 is 1.85 bits per heavy atom. The largest absolute Gasteiger partial charge is 0.453 e. The van der Waals surface area contributed by atoms with Gasteiger partial charge in [-0.2, -0.15) is 0 Å². The number of nitrogens with zero attached hydrogens (tertiary/aromatic N) is 3. The van der Waals surface area contributed by atoms with Crippen LogP contribution in [0, 0.1) is 11.8 Å². The highest BCUT2D eigenvalue weighted by molar-refractivity contribution is 5.93. The SMILES string of the molecule is CCC=NC1=C(C(C)C)C(C)CN(C(=O)C(O/C(=C(/C)CC)C(C)(C)O)=C(C)C)C1c1cc2ccccc2cn1. The molecule has 2 atom stereocenters. The molecule has 1 aromatic heterocycles. The van der Waals surface area contributed by atoms with Gasteiger partial charge in [-0.25, -0.2) is 0 Å². The average molecular weight is 546 g/mol. The third-order valence-corrected chi connectivity index (χ3v) is 7.42. The fraction of sp³-hybridized carbons (Fsp3) is 0.500. The molecule has 3 rings (SSSR count). The predicted molar refractivity (Wildman–Crippen MR) is 165 cm³/mol. The van der Waals surface area contributed by atoms with Crippen molar-refractivity contribution >= 4 is 22.9 Å². The Balaban J connectivity index is 2.26. The van der Waals surface area contributed by atoms with Crippen molar-refractivity contribution in [3.63, 3.8) is 0 Å². The van der Waals surface area contributed by atoms with Crippen molar-refractivity contribution < 1.29 is 14.6 Å². The highest BCUT2D eigenvalue weighted by Crippen LogP contribution is 2.43. The molecule has 0 saturated carbocycles. The number of fused-ring (bicyclic) bond motifs is 1. The molecule has 1 aromatic carbocycles. The van der Waals surface area contributed by atoms with Crippen LogP contribution < -0.4 is 0 Å². The van der Waals surface area contributed by atoms with Gasteiger partial charge in [-0.3, -0.25) is 14.8 Å². The maximum absolute atomic E-state index is 14.5. The van der Waals surface area contributed by atoms with Crippen molar-refractivity contribution in [3.8, 4) is 0 Å². The number of carbonyl (C=O) groups excluding carboxylic acids is 1. The Kier molecular flexibility index (Phi) is 10.1. The van der Waals surface area contributed by atoms with Crippen LogP contribution in [0.3, 0.4) is 0 Å². The van der Waals surface area contributed by atoms with Crippen LogP contribution >= 0.6 is 0 Å². The average Bonchev–Trinajstić information content (AvgIpc) is 2.89. The highest BCUT2D eigenvalue weighted by atomic mass is 16.5. The van der Waals surface area contributed by atoms with E-state index in [9.17, 15) is 9.90 Å². The van der Waals surface area contributed by atoms with Crippen molar-refractivity contribution in [1.29, 1.82) is 0 Å². The maximum atomic E-state index is 14.5. The predicted octanol–water partition coefficient (Wildman–Crippen LogP) is 7.91. The smallest absolute Gasteiger partial charge is 0.290 e. The summed E-state index contributed by atoms with van der Waals surface area (Å²) >= 11 is 0. The number of hydrogen-bond donors (Lipinski definition) is 1. The molecular formula is C34H47N3O3. The van der Waals surface area contributed by atoms with E-state index in [0.717, 1.165) is 39.7 Å². The third kappa shape index (κ3) is 6.72. The molecule has 216 valence electrons. The molecule has 1 aliphatic heterocycles. The quantitative estimate of drug-likeness (QED) is 0.197. The number of rotatable bonds is 9. The van der Waals surface area contributed by atoms with E-state index in [4.69, 9.17) is 14.7 Å². The van der Waals surface area contributed by atoms with Gasteiger partial charge < -0.3 is 14.7 Å². The molecular weight excluding hydrogens is 498 g/mol. The highest BCUT2D eigenvalue weighted by Gasteiger charge is 2.41. The Morgan fingerprint density at radius 3 is 2.40 bits per heavy atom. The van der Waals surface area contributed by atoms with E-state index in [-0.39, 0.29) is 23.5 Å². The number of aliphatic imine (C=N–C) groups is 1. The van der Waals surface area contributed by atoms with Crippen LogP contribution in [-0.2, 0) is 9.53 Å². The number of allylic oxidation sites excluding steroid dienone is 2. The molecule has 0 fully saturated rings. The zero-order chi connectivity index (χ0) is 29.8. The van der Waals surface area contributed by atoms with Gasteiger partial charge >= 0.3 is 0 Å². The first kappa shape index (κ1) is 31.3. The molecule has 0 bridgehead atoms. The summed E-state index contributed by atoms with van der Waals surface area (Å²) in [7, 11) is 0. The van der Waals surface area contributed by atoms with E-state index in [0.29, 0.717) is 18.7 Å². The summed E-state index contributed by atoms with van der Waals surface area (Å²) in [6.45, 7) is 20.2. The minimum absolute atomic E-state index is 0.102. The van der Waals surface area contributed by atoms with Gasteiger partial charge in [-0.15, -0.1) is 0 Å². The molecule has 2 unspecified atom stereocenters. The lowest BCUT2D eigenvalue weighted by atomic mass is 9.82. The Morgan fingerprint density at radius 1 is 1.20 bits per heavy atom. The van der Waals surface area contributed by atoms with Crippen LogP contribution in [0.2, 0.25) is 0 Å². The van der Waals surface area contributed by atoms with Crippen LogP contribution in [0.5, 0.6) is 0 Å². The van der Waals surface area contributed by atoms with E-state index in [1.165, 1.54) is 5.57 Å². The van der Waals surface area contributed by atoms with E-state index < -0.39 is 11.6 Å². The summed E-state index contributed by atoms with van der Waals surface area (Å²) in [6, 6.07) is 9.72. The lowest BCUT2D eigenvalue weighted by Gasteiger charge is -2.42. The zero-order valence-electron chi connectivity index (χ0n) is 26.0. The second-order valence-corrected chi connectivity index (χ2v) is 11.9. The second kappa shape index (κ2) is 12.9. The molecule has 6 heteroatoms. The van der Waals surface area contributed by atoms with Crippen molar-refractivity contribution in [1.82, 2.24) is 9.88 Å². The second-order valence-electron chi connectivity index (χ2n) is 11.9. The minimum atomic E-state index is -1.24. The Labute approximate surface area is 240 Å². The molecule has 2 heterocycles. The van der Waals surface area contributed by atoms with Gasteiger partial charge in [0, 0.05) is 24.3 Å². The topological polar surface area (TPSA) is 75.0 Å². The number of carbonyl (C=O) groups is 1. The Bertz CT molecular complexity index is 1350. The number of hydrogen-bond acceptors (Lipinski definition) is 5. The number of amides is 1. The summed E-state index contributed by atoms with van der Waals surface area (Å²) in [5, 5.41) is 13.1. The van der Waals surface area contributed by atoms with Gasteiger partial charge in [-0.1, -0.05) is 58.9 Å². The summed E-state index contributed by atoms with van der Waals surface area (Å²) in [4.78, 5) is 26.3. The normalized spacial score (nSPS) is 18.9. The molecule has 0 radical (unpaired) electrons. The summed E-state index contributed by atoms with van der Waals surface area (Å²) in [6.07, 6.45) is 5.28. The fourth-order valence-corrected chi connectivity index (χ4v) is 5.49. The Hall–Kier alpha value is -3.25. The van der Waals surface area contributed by atoms with Crippen molar-refractivity contribution in [2.75, 3.05) is 6.54 Å². The van der Waals surface area contributed by atoms with Gasteiger partial charge in [0.25, 0.3) is 5.91 Å². The van der Waals surface area contributed by atoms with Crippen molar-refractivity contribution in [2.24, 2.45) is 16.8 Å². The lowest BCUT2D eigenvalue weighted by molar-refractivity contribution is -0.133. The zero-order valence-corrected chi connectivity index (χ0v) is 26.0. The molecule has 6 nitrogen and oxygen atoms in total. The van der Waals surface area contributed by atoms with Crippen LogP contribution in [0.25, 0.3) is 10.8 Å². The molecule has 0 spiro atoms. The first-order chi connectivity index (χ1) is 18.8. The van der Waals surface area contributed by atoms with Crippen LogP contribution in [0.15, 0.2) is 75.5 Å². The molecule has 2 aromatic rings. The van der Waals surface area contributed by atoms with Crippen LogP contribution in [0.4, 0.5) is 0 Å². The van der Waals surface area contributed by atoms with Crippen molar-refractivity contribution in [2.45, 2.75) is 93.7 Å². The monoisotopic (exact) mass is 545 g/mol. The number of ether oxygens (including phenoxy) is 1. The fourth-order valence-electron chi connectivity index (χ4n) is 5.49. The van der Waals surface area contributed by atoms with Crippen molar-refractivity contribution in [3.05, 3.63) is 76.2 Å². The van der Waals surface area contributed by atoms with E-state index in [1.54, 1.807) is 13.8 Å². The van der Waals surface area contributed by atoms with E-state index >= 15 is 0 Å². The van der Waals surface area contributed by atoms with Gasteiger partial charge in [0.05, 0.1) is 11.4 Å². The van der Waals surface area contributed by atoms with Gasteiger partial charge in [-0.05, 0) is 87.5 Å². The van der Waals surface area contributed by atoms with Gasteiger partial charge in [0.2, 0.25) is 0 Å². The molecule has 0 aliphatic carbocycles. The molecule has 0 saturated heterocycles. The summed E-state index contributed by atoms with van der Waals surface area (Å²) in [5.74, 6) is 0.770. The summed E-state index contributed by atoms with van der Waals surface area (Å²) < 4.78 is 6.37. The standard InChI is InChI=1S/C34H47N3O3/c1-11-17-35-29-28(21(3)4)24(8)20-37(30(29)27-18-25-15-13-14-16-26(25)19-36-27)33(38)31(22(5)6)40-32(23(7)12-2)34(9,10)39/h13-19,21,24,30,39H,11-12,20H2,1-10H3/b32-23-,35-17?. The van der Waals surface area contributed by atoms with Gasteiger partial charge in [0.1, 0.15) is 17.4 Å². The van der Waals surface area contributed by atoms with Gasteiger partial charge in [0.15, 0.2) is 5.76 Å². The molecule has 1 aliphatic rings. The van der Waals surface area contributed by atoms with Crippen LogP contribution in [-0.4, -0.2) is 39.3 Å². The first-order valence-electron chi connectivity index (χ1n) is 14.5. The number of benzene rings is 1. The summed E-state index contributed by atoms with van der Waals surface area (Å²) in [5.41, 5.74) is 3.29. The van der Waals surface area contributed by atoms with Crippen LogP contribution in [0.1, 0.15) is 93.8 Å². The van der Waals surface area contributed by atoms with E-state index in [1.807, 2.05) is 63.2 Å². The lowest BCUT2D eigenvalue weighted by Crippen LogP contribution is -2.45. The third-order valence-electron chi connectivity index (χ3n) is 7.42. The number of pyridine rings is 1. The van der Waals surface area contributed by atoms with E-state index in [2.05, 4.69) is 39.8 Å². The molecule has 40 heavy (non-hydrogen) atoms. The minimum Gasteiger partial charge on any atom is -0.453 e. The molecule has 1 amide bonds. The first-order valence-corrected chi connectivity index (χ1v) is 14.5. The number of aliphatic hydroxyl groups is 1. The molecule has 1 N–H and O–H groups in total.